The molecule has 0 aromatic heterocycles. The minimum Gasteiger partial charge on any atom is -0.497 e. The van der Waals surface area contributed by atoms with Crippen molar-refractivity contribution >= 4 is 23.9 Å². The number of nitrogens with one attached hydrogen (secondary N) is 1. The number of amidine groups is 1. The Morgan fingerprint density at radius 3 is 2.53 bits per heavy atom. The summed E-state index contributed by atoms with van der Waals surface area (Å²) in [7, 11) is 3.28. The van der Waals surface area contributed by atoms with E-state index in [1.165, 1.54) is 0 Å². The first kappa shape index (κ1) is 13.6. The van der Waals surface area contributed by atoms with E-state index in [1.807, 2.05) is 23.1 Å². The van der Waals surface area contributed by atoms with Crippen molar-refractivity contribution in [3.63, 3.8) is 0 Å². The number of nitrogens with zero attached hydrogens (tertiary/aromatic N) is 1. The maximum atomic E-state index is 7.87. The molecule has 1 aliphatic heterocycles. The Hall–Kier alpha value is -1.42. The van der Waals surface area contributed by atoms with Gasteiger partial charge < -0.3 is 14.4 Å². The van der Waals surface area contributed by atoms with Gasteiger partial charge in [-0.2, -0.15) is 0 Å². The molecule has 0 amide bonds. The molecule has 0 spiro atoms. The van der Waals surface area contributed by atoms with Crippen LogP contribution in [0.1, 0.15) is 12.8 Å². The van der Waals surface area contributed by atoms with Crippen LogP contribution in [0.15, 0.2) is 18.2 Å². The second-order valence-electron chi connectivity index (χ2n) is 3.74. The number of methoxy groups -OCH3 is 2. The van der Waals surface area contributed by atoms with Gasteiger partial charge in [0, 0.05) is 19.0 Å². The second-order valence-corrected chi connectivity index (χ2v) is 3.74. The maximum Gasteiger partial charge on any atom is 0.142 e. The third kappa shape index (κ3) is 2.64. The number of benzene rings is 1. The van der Waals surface area contributed by atoms with E-state index in [2.05, 4.69) is 0 Å². The lowest BCUT2D eigenvalue weighted by Gasteiger charge is -2.21. The lowest BCUT2D eigenvalue weighted by atomic mass is 10.2. The van der Waals surface area contributed by atoms with Crippen LogP contribution in [-0.4, -0.2) is 26.6 Å². The van der Waals surface area contributed by atoms with Crippen LogP contribution >= 0.6 is 12.4 Å². The van der Waals surface area contributed by atoms with Gasteiger partial charge in [0.15, 0.2) is 0 Å². The summed E-state index contributed by atoms with van der Waals surface area (Å²) in [5.41, 5.74) is 0.921. The van der Waals surface area contributed by atoms with Crippen molar-refractivity contribution in [3.8, 4) is 11.5 Å². The highest BCUT2D eigenvalue weighted by Gasteiger charge is 2.21. The maximum absolute atomic E-state index is 7.87. The fourth-order valence-electron chi connectivity index (χ4n) is 1.95. The molecule has 2 rings (SSSR count). The third-order valence-corrected chi connectivity index (χ3v) is 2.80. The molecular weight excluding hydrogens is 240 g/mol. The van der Waals surface area contributed by atoms with Gasteiger partial charge in [0.2, 0.25) is 0 Å². The summed E-state index contributed by atoms with van der Waals surface area (Å²) in [6.45, 7) is 0.877. The zero-order chi connectivity index (χ0) is 11.5. The standard InChI is InChI=1S/C12H16N2O2.ClH/c1-15-9-5-6-11(16-2)10(8-9)14-7-3-4-12(14)13;/h5-6,8,13H,3-4,7H2,1-2H3;1H. The molecule has 0 unspecified atom stereocenters. The second kappa shape index (κ2) is 5.77. The summed E-state index contributed by atoms with van der Waals surface area (Å²) in [4.78, 5) is 1.97. The van der Waals surface area contributed by atoms with Gasteiger partial charge in [-0.1, -0.05) is 0 Å². The fourth-order valence-corrected chi connectivity index (χ4v) is 1.95. The SMILES string of the molecule is COc1ccc(OC)c(N2CCCC2=N)c1.Cl. The van der Waals surface area contributed by atoms with E-state index in [9.17, 15) is 0 Å². The summed E-state index contributed by atoms with van der Waals surface area (Å²) in [5.74, 6) is 2.22. The Morgan fingerprint density at radius 1 is 1.24 bits per heavy atom. The number of halogens is 1. The van der Waals surface area contributed by atoms with Gasteiger partial charge >= 0.3 is 0 Å². The zero-order valence-electron chi connectivity index (χ0n) is 10.0. The molecule has 1 saturated heterocycles. The number of rotatable bonds is 3. The Kier molecular flexibility index (Phi) is 4.63. The molecule has 1 aliphatic rings. The molecule has 0 aliphatic carbocycles. The summed E-state index contributed by atoms with van der Waals surface area (Å²) in [6, 6.07) is 5.65. The van der Waals surface area contributed by atoms with E-state index in [1.54, 1.807) is 14.2 Å². The van der Waals surface area contributed by atoms with Gasteiger partial charge in [0.1, 0.15) is 17.3 Å². The molecule has 5 heteroatoms. The van der Waals surface area contributed by atoms with Crippen molar-refractivity contribution in [2.75, 3.05) is 25.7 Å². The predicted octanol–water partition coefficient (Wildman–Crippen LogP) is 2.70. The fraction of sp³-hybridized carbons (Fsp3) is 0.417. The van der Waals surface area contributed by atoms with E-state index in [-0.39, 0.29) is 12.4 Å². The summed E-state index contributed by atoms with van der Waals surface area (Å²) in [6.07, 6.45) is 1.86. The van der Waals surface area contributed by atoms with E-state index >= 15 is 0 Å². The van der Waals surface area contributed by atoms with E-state index < -0.39 is 0 Å². The van der Waals surface area contributed by atoms with Gasteiger partial charge in [-0.05, 0) is 18.6 Å². The highest BCUT2D eigenvalue weighted by atomic mass is 35.5. The van der Waals surface area contributed by atoms with E-state index in [0.717, 1.165) is 36.6 Å². The lowest BCUT2D eigenvalue weighted by molar-refractivity contribution is 0.404. The Balaban J connectivity index is 0.00000144. The van der Waals surface area contributed by atoms with Gasteiger partial charge in [-0.3, -0.25) is 5.41 Å². The first-order chi connectivity index (χ1) is 7.76. The van der Waals surface area contributed by atoms with Crippen LogP contribution in [0.2, 0.25) is 0 Å². The monoisotopic (exact) mass is 256 g/mol. The van der Waals surface area contributed by atoms with Gasteiger partial charge in [-0.25, -0.2) is 0 Å². The van der Waals surface area contributed by atoms with E-state index in [0.29, 0.717) is 5.84 Å². The van der Waals surface area contributed by atoms with Crippen molar-refractivity contribution in [1.29, 1.82) is 5.41 Å². The lowest BCUT2D eigenvalue weighted by Crippen LogP contribution is -2.23. The van der Waals surface area contributed by atoms with Gasteiger partial charge in [0.25, 0.3) is 0 Å². The van der Waals surface area contributed by atoms with Crippen LogP contribution in [-0.2, 0) is 0 Å². The highest BCUT2D eigenvalue weighted by Crippen LogP contribution is 2.34. The van der Waals surface area contributed by atoms with Gasteiger partial charge in [-0.15, -0.1) is 12.4 Å². The topological polar surface area (TPSA) is 45.6 Å². The van der Waals surface area contributed by atoms with Crippen molar-refractivity contribution in [2.24, 2.45) is 0 Å². The smallest absolute Gasteiger partial charge is 0.142 e. The highest BCUT2D eigenvalue weighted by molar-refractivity contribution is 5.98. The number of ether oxygens (including phenoxy) is 2. The molecule has 1 fully saturated rings. The minimum absolute atomic E-state index is 0. The average Bonchev–Trinajstić information content (AvgIpc) is 2.74. The van der Waals surface area contributed by atoms with Crippen molar-refractivity contribution < 1.29 is 9.47 Å². The van der Waals surface area contributed by atoms with Crippen LogP contribution in [0.25, 0.3) is 0 Å². The summed E-state index contributed by atoms with van der Waals surface area (Å²) in [5, 5.41) is 7.87. The van der Waals surface area contributed by atoms with Crippen molar-refractivity contribution in [3.05, 3.63) is 18.2 Å². The number of hydrogen-bond acceptors (Lipinski definition) is 3. The molecule has 4 nitrogen and oxygen atoms in total. The Labute approximate surface area is 107 Å². The average molecular weight is 257 g/mol. The molecule has 1 N–H and O–H groups in total. The molecule has 0 radical (unpaired) electrons. The molecule has 94 valence electrons. The summed E-state index contributed by atoms with van der Waals surface area (Å²) >= 11 is 0. The van der Waals surface area contributed by atoms with Crippen molar-refractivity contribution in [2.45, 2.75) is 12.8 Å². The molecule has 1 heterocycles. The quantitative estimate of drug-likeness (QED) is 0.905. The molecule has 0 bridgehead atoms. The Bertz CT molecular complexity index is 409. The first-order valence-corrected chi connectivity index (χ1v) is 5.33. The van der Waals surface area contributed by atoms with Crippen LogP contribution in [0, 0.1) is 5.41 Å². The predicted molar refractivity (Wildman–Crippen MR) is 71.1 cm³/mol. The number of anilines is 1. The molecule has 1 aromatic carbocycles. The normalized spacial score (nSPS) is 14.5. The molecule has 0 saturated carbocycles. The van der Waals surface area contributed by atoms with Crippen LogP contribution < -0.4 is 14.4 Å². The molecule has 17 heavy (non-hydrogen) atoms. The minimum atomic E-state index is 0. The summed E-state index contributed by atoms with van der Waals surface area (Å²) < 4.78 is 10.5. The molecule has 1 aromatic rings. The van der Waals surface area contributed by atoms with Crippen LogP contribution in [0.5, 0.6) is 11.5 Å². The van der Waals surface area contributed by atoms with Gasteiger partial charge in [0.05, 0.1) is 19.9 Å². The van der Waals surface area contributed by atoms with Crippen LogP contribution in [0.3, 0.4) is 0 Å². The molecular formula is C12H17ClN2O2. The number of hydrogen-bond donors (Lipinski definition) is 1. The van der Waals surface area contributed by atoms with E-state index in [4.69, 9.17) is 14.9 Å². The zero-order valence-corrected chi connectivity index (χ0v) is 10.8. The first-order valence-electron chi connectivity index (χ1n) is 5.33. The van der Waals surface area contributed by atoms with Crippen molar-refractivity contribution in [1.82, 2.24) is 0 Å². The third-order valence-electron chi connectivity index (χ3n) is 2.80. The Morgan fingerprint density at radius 2 is 2.00 bits per heavy atom. The molecule has 0 atom stereocenters. The van der Waals surface area contributed by atoms with Crippen LogP contribution in [0.4, 0.5) is 5.69 Å². The largest absolute Gasteiger partial charge is 0.497 e.